The number of carbonyl (C=O) groups excluding carboxylic acids is 1. The van der Waals surface area contributed by atoms with Crippen LogP contribution in [0.1, 0.15) is 31.4 Å². The third-order valence-corrected chi connectivity index (χ3v) is 3.26. The van der Waals surface area contributed by atoms with E-state index < -0.39 is 0 Å². The van der Waals surface area contributed by atoms with Gasteiger partial charge in [0.25, 0.3) is 0 Å². The summed E-state index contributed by atoms with van der Waals surface area (Å²) in [4.78, 5) is 11.7. The highest BCUT2D eigenvalue weighted by Crippen LogP contribution is 2.20. The predicted octanol–water partition coefficient (Wildman–Crippen LogP) is 3.18. The van der Waals surface area contributed by atoms with E-state index in [4.69, 9.17) is 5.73 Å². The summed E-state index contributed by atoms with van der Waals surface area (Å²) in [5.41, 5.74) is 6.53. The molecule has 0 fully saturated rings. The van der Waals surface area contributed by atoms with Crippen LogP contribution in [0.5, 0.6) is 0 Å². The number of fused-ring (bicyclic) bond motifs is 1. The average molecular weight is 293 g/mol. The van der Waals surface area contributed by atoms with Gasteiger partial charge in [-0.1, -0.05) is 36.4 Å². The van der Waals surface area contributed by atoms with Gasteiger partial charge in [-0.25, -0.2) is 0 Å². The van der Waals surface area contributed by atoms with Crippen molar-refractivity contribution in [1.29, 1.82) is 0 Å². The third-order valence-electron chi connectivity index (χ3n) is 3.26. The van der Waals surface area contributed by atoms with Gasteiger partial charge in [-0.05, 0) is 42.3 Å². The van der Waals surface area contributed by atoms with Gasteiger partial charge < -0.3 is 11.1 Å². The topological polar surface area (TPSA) is 55.1 Å². The van der Waals surface area contributed by atoms with E-state index in [1.165, 1.54) is 10.8 Å². The first-order chi connectivity index (χ1) is 9.20. The summed E-state index contributed by atoms with van der Waals surface area (Å²) in [6.45, 7) is 2.56. The molecular formula is C16H21ClN2O. The average Bonchev–Trinajstić information content (AvgIpc) is 2.44. The van der Waals surface area contributed by atoms with Gasteiger partial charge in [0.05, 0.1) is 6.04 Å². The molecule has 1 amide bonds. The standard InChI is InChI=1S/C16H20N2O.ClH/c1-12(18-16(19)7-4-10-17)14-9-8-13-5-2-3-6-15(13)11-14;/h2-3,5-6,8-9,11-12H,4,7,10,17H2,1H3,(H,18,19);1H. The number of nitrogens with one attached hydrogen (secondary N) is 1. The highest BCUT2D eigenvalue weighted by atomic mass is 35.5. The van der Waals surface area contributed by atoms with Crippen LogP contribution in [0, 0.1) is 0 Å². The second-order valence-corrected chi connectivity index (χ2v) is 4.79. The monoisotopic (exact) mass is 292 g/mol. The van der Waals surface area contributed by atoms with Gasteiger partial charge >= 0.3 is 0 Å². The van der Waals surface area contributed by atoms with E-state index in [0.29, 0.717) is 13.0 Å². The molecule has 0 aliphatic heterocycles. The van der Waals surface area contributed by atoms with Crippen molar-refractivity contribution in [3.8, 4) is 0 Å². The van der Waals surface area contributed by atoms with E-state index in [0.717, 1.165) is 12.0 Å². The Balaban J connectivity index is 0.00000200. The van der Waals surface area contributed by atoms with E-state index in [9.17, 15) is 4.79 Å². The smallest absolute Gasteiger partial charge is 0.220 e. The van der Waals surface area contributed by atoms with Gasteiger partial charge in [0.15, 0.2) is 0 Å². The zero-order valence-corrected chi connectivity index (χ0v) is 12.5. The van der Waals surface area contributed by atoms with Crippen molar-refractivity contribution in [2.45, 2.75) is 25.8 Å². The van der Waals surface area contributed by atoms with Crippen LogP contribution in [0.15, 0.2) is 42.5 Å². The van der Waals surface area contributed by atoms with Crippen LogP contribution >= 0.6 is 12.4 Å². The number of halogens is 1. The Hall–Kier alpha value is -1.58. The molecule has 2 aromatic rings. The van der Waals surface area contributed by atoms with E-state index >= 15 is 0 Å². The summed E-state index contributed by atoms with van der Waals surface area (Å²) in [6.07, 6.45) is 1.23. The lowest BCUT2D eigenvalue weighted by atomic mass is 10.0. The van der Waals surface area contributed by atoms with Gasteiger partial charge in [0.1, 0.15) is 0 Å². The maximum Gasteiger partial charge on any atom is 0.220 e. The molecule has 3 nitrogen and oxygen atoms in total. The van der Waals surface area contributed by atoms with Crippen molar-refractivity contribution in [3.63, 3.8) is 0 Å². The molecule has 0 radical (unpaired) electrons. The number of nitrogens with two attached hydrogens (primary N) is 1. The second-order valence-electron chi connectivity index (χ2n) is 4.79. The zero-order chi connectivity index (χ0) is 13.7. The summed E-state index contributed by atoms with van der Waals surface area (Å²) < 4.78 is 0. The summed E-state index contributed by atoms with van der Waals surface area (Å²) >= 11 is 0. The minimum Gasteiger partial charge on any atom is -0.350 e. The van der Waals surface area contributed by atoms with Crippen LogP contribution in [0.2, 0.25) is 0 Å². The minimum absolute atomic E-state index is 0. The van der Waals surface area contributed by atoms with Crippen molar-refractivity contribution in [2.24, 2.45) is 5.73 Å². The molecule has 0 saturated heterocycles. The molecule has 20 heavy (non-hydrogen) atoms. The van der Waals surface area contributed by atoms with E-state index in [2.05, 4.69) is 35.6 Å². The molecule has 0 bridgehead atoms. The van der Waals surface area contributed by atoms with Crippen molar-refractivity contribution >= 4 is 29.1 Å². The Kier molecular flexibility index (Phi) is 6.49. The molecule has 0 spiro atoms. The zero-order valence-electron chi connectivity index (χ0n) is 11.6. The first kappa shape index (κ1) is 16.5. The first-order valence-corrected chi connectivity index (χ1v) is 6.69. The van der Waals surface area contributed by atoms with Crippen LogP contribution in [-0.2, 0) is 4.79 Å². The molecule has 4 heteroatoms. The second kappa shape index (κ2) is 7.88. The lowest BCUT2D eigenvalue weighted by molar-refractivity contribution is -0.121. The molecule has 108 valence electrons. The summed E-state index contributed by atoms with van der Waals surface area (Å²) in [5, 5.41) is 5.41. The van der Waals surface area contributed by atoms with Crippen LogP contribution in [0.25, 0.3) is 10.8 Å². The number of hydrogen-bond acceptors (Lipinski definition) is 2. The van der Waals surface area contributed by atoms with Gasteiger partial charge in [-0.3, -0.25) is 4.79 Å². The summed E-state index contributed by atoms with van der Waals surface area (Å²) in [6, 6.07) is 14.5. The Morgan fingerprint density at radius 1 is 1.20 bits per heavy atom. The molecule has 0 saturated carbocycles. The number of benzene rings is 2. The maximum atomic E-state index is 11.7. The fraction of sp³-hybridized carbons (Fsp3) is 0.312. The molecule has 2 rings (SSSR count). The molecule has 0 aromatic heterocycles. The Labute approximate surface area is 126 Å². The maximum absolute atomic E-state index is 11.7. The van der Waals surface area contributed by atoms with Crippen molar-refractivity contribution < 1.29 is 4.79 Å². The van der Waals surface area contributed by atoms with Crippen LogP contribution < -0.4 is 11.1 Å². The fourth-order valence-electron chi connectivity index (χ4n) is 2.14. The molecule has 0 aliphatic carbocycles. The number of carbonyl (C=O) groups is 1. The first-order valence-electron chi connectivity index (χ1n) is 6.69. The van der Waals surface area contributed by atoms with E-state index in [1.807, 2.05) is 19.1 Å². The normalized spacial score (nSPS) is 11.7. The Bertz CT molecular complexity index is 571. The van der Waals surface area contributed by atoms with Crippen molar-refractivity contribution in [1.82, 2.24) is 5.32 Å². The quantitative estimate of drug-likeness (QED) is 0.889. The Morgan fingerprint density at radius 2 is 1.90 bits per heavy atom. The molecule has 2 aromatic carbocycles. The predicted molar refractivity (Wildman–Crippen MR) is 86.0 cm³/mol. The van der Waals surface area contributed by atoms with E-state index in [1.54, 1.807) is 0 Å². The Morgan fingerprint density at radius 3 is 2.60 bits per heavy atom. The fourth-order valence-corrected chi connectivity index (χ4v) is 2.14. The summed E-state index contributed by atoms with van der Waals surface area (Å²) in [7, 11) is 0. The van der Waals surface area contributed by atoms with Crippen LogP contribution in [0.3, 0.4) is 0 Å². The van der Waals surface area contributed by atoms with Crippen molar-refractivity contribution in [3.05, 3.63) is 48.0 Å². The third kappa shape index (κ3) is 4.22. The van der Waals surface area contributed by atoms with Crippen LogP contribution in [0.4, 0.5) is 0 Å². The molecule has 3 N–H and O–H groups in total. The summed E-state index contributed by atoms with van der Waals surface area (Å²) in [5.74, 6) is 0.0612. The lowest BCUT2D eigenvalue weighted by Gasteiger charge is -2.15. The molecule has 1 unspecified atom stereocenters. The SMILES string of the molecule is CC(NC(=O)CCCN)c1ccc2ccccc2c1.Cl. The van der Waals surface area contributed by atoms with Crippen LogP contribution in [-0.4, -0.2) is 12.5 Å². The molecular weight excluding hydrogens is 272 g/mol. The number of rotatable bonds is 5. The molecule has 0 heterocycles. The lowest BCUT2D eigenvalue weighted by Crippen LogP contribution is -2.26. The largest absolute Gasteiger partial charge is 0.350 e. The van der Waals surface area contributed by atoms with Gasteiger partial charge in [0, 0.05) is 6.42 Å². The minimum atomic E-state index is 0. The highest BCUT2D eigenvalue weighted by Gasteiger charge is 2.09. The number of amides is 1. The van der Waals surface area contributed by atoms with Gasteiger partial charge in [-0.15, -0.1) is 12.4 Å². The molecule has 0 aliphatic rings. The molecule has 1 atom stereocenters. The van der Waals surface area contributed by atoms with Crippen molar-refractivity contribution in [2.75, 3.05) is 6.54 Å². The van der Waals surface area contributed by atoms with E-state index in [-0.39, 0.29) is 24.4 Å². The van der Waals surface area contributed by atoms with Gasteiger partial charge in [-0.2, -0.15) is 0 Å². The van der Waals surface area contributed by atoms with Gasteiger partial charge in [0.2, 0.25) is 5.91 Å². The highest BCUT2D eigenvalue weighted by molar-refractivity contribution is 5.85. The number of hydrogen-bond donors (Lipinski definition) is 2.